The first-order valence-electron chi connectivity index (χ1n) is 6.01. The first-order valence-corrected chi connectivity index (χ1v) is 7.08. The van der Waals surface area contributed by atoms with Gasteiger partial charge >= 0.3 is 11.9 Å². The molecular weight excluding hydrogens is 395 g/mol. The summed E-state index contributed by atoms with van der Waals surface area (Å²) in [5.74, 6) is -3.95. The van der Waals surface area contributed by atoms with E-state index in [-0.39, 0.29) is 15.0 Å². The molecule has 114 valence electrons. The van der Waals surface area contributed by atoms with Crippen LogP contribution in [0.2, 0.25) is 0 Å². The summed E-state index contributed by atoms with van der Waals surface area (Å²) in [4.78, 5) is 37.0. The van der Waals surface area contributed by atoms with Crippen molar-refractivity contribution in [1.29, 1.82) is 0 Å². The van der Waals surface area contributed by atoms with Crippen LogP contribution < -0.4 is 0 Å². The predicted octanol–water partition coefficient (Wildman–Crippen LogP) is 2.10. The first-order chi connectivity index (χ1) is 9.77. The molecule has 0 fully saturated rings. The summed E-state index contributed by atoms with van der Waals surface area (Å²) in [5.41, 5.74) is -0.343. The van der Waals surface area contributed by atoms with E-state index in [0.717, 1.165) is 12.3 Å². The lowest BCUT2D eigenvalue weighted by molar-refractivity contribution is -0.385. The van der Waals surface area contributed by atoms with Crippen LogP contribution in [0, 0.1) is 13.7 Å². The highest BCUT2D eigenvalue weighted by Crippen LogP contribution is 2.25. The Hall–Kier alpha value is -1.78. The minimum atomic E-state index is -1.60. The highest BCUT2D eigenvalue weighted by Gasteiger charge is 2.34. The summed E-state index contributed by atoms with van der Waals surface area (Å²) in [6.45, 7) is 3.44. The Morgan fingerprint density at radius 2 is 2.19 bits per heavy atom. The molecule has 2 unspecified atom stereocenters. The van der Waals surface area contributed by atoms with Crippen LogP contribution in [0.1, 0.15) is 31.9 Å². The van der Waals surface area contributed by atoms with E-state index in [2.05, 4.69) is 4.98 Å². The second-order valence-electron chi connectivity index (χ2n) is 4.24. The fraction of sp³-hybridized carbons (Fsp3) is 0.417. The zero-order valence-electron chi connectivity index (χ0n) is 11.3. The maximum Gasteiger partial charge on any atom is 0.326 e. The van der Waals surface area contributed by atoms with Gasteiger partial charge in [0.15, 0.2) is 5.92 Å². The molecule has 1 aromatic heterocycles. The Balaban J connectivity index is 3.15. The quantitative estimate of drug-likeness (QED) is 0.252. The molecule has 8 nitrogen and oxygen atoms in total. The van der Waals surface area contributed by atoms with Gasteiger partial charge in [0.05, 0.1) is 16.7 Å². The molecule has 1 N–H and O–H groups in total. The number of hydrogen-bond donors (Lipinski definition) is 1. The number of carbonyl (C=O) groups is 2. The van der Waals surface area contributed by atoms with E-state index < -0.39 is 28.9 Å². The molecule has 0 saturated carbocycles. The smallest absolute Gasteiger partial charge is 0.326 e. The van der Waals surface area contributed by atoms with Crippen LogP contribution in [0.4, 0.5) is 5.69 Å². The number of rotatable bonds is 6. The van der Waals surface area contributed by atoms with Crippen LogP contribution in [-0.4, -0.2) is 33.1 Å². The lowest BCUT2D eigenvalue weighted by Crippen LogP contribution is -2.28. The molecule has 0 aliphatic heterocycles. The third-order valence-electron chi connectivity index (χ3n) is 2.71. The molecule has 0 radical (unpaired) electrons. The average molecular weight is 408 g/mol. The van der Waals surface area contributed by atoms with Crippen LogP contribution in [0.15, 0.2) is 12.3 Å². The summed E-state index contributed by atoms with van der Waals surface area (Å²) in [6, 6.07) is 1.16. The Labute approximate surface area is 133 Å². The number of esters is 1. The maximum absolute atomic E-state index is 11.9. The summed E-state index contributed by atoms with van der Waals surface area (Å²) in [6.07, 6.45) is 1.04. The van der Waals surface area contributed by atoms with Crippen molar-refractivity contribution in [3.05, 3.63) is 31.6 Å². The number of carboxylic acids is 1. The molecule has 0 aromatic carbocycles. The van der Waals surface area contributed by atoms with Crippen LogP contribution in [-0.2, 0) is 14.3 Å². The Kier molecular flexibility index (Phi) is 6.00. The SMILES string of the molecule is CCC(C)OC(=O)C(C(=O)O)c1ncc([N+](=O)[O-])cc1I. The van der Waals surface area contributed by atoms with Crippen molar-refractivity contribution in [3.8, 4) is 0 Å². The van der Waals surface area contributed by atoms with E-state index >= 15 is 0 Å². The largest absolute Gasteiger partial charge is 0.480 e. The van der Waals surface area contributed by atoms with Crippen molar-refractivity contribution in [2.75, 3.05) is 0 Å². The lowest BCUT2D eigenvalue weighted by Gasteiger charge is -2.16. The van der Waals surface area contributed by atoms with Crippen molar-refractivity contribution in [1.82, 2.24) is 4.98 Å². The number of carboxylic acid groups (broad SMARTS) is 1. The van der Waals surface area contributed by atoms with Gasteiger partial charge < -0.3 is 9.84 Å². The molecule has 0 bridgehead atoms. The van der Waals surface area contributed by atoms with Crippen molar-refractivity contribution >= 4 is 40.2 Å². The zero-order chi connectivity index (χ0) is 16.2. The molecule has 0 saturated heterocycles. The van der Waals surface area contributed by atoms with Gasteiger partial charge in [0.25, 0.3) is 5.69 Å². The molecule has 21 heavy (non-hydrogen) atoms. The summed E-state index contributed by atoms with van der Waals surface area (Å²) in [7, 11) is 0. The molecule has 0 aliphatic carbocycles. The number of aromatic nitrogens is 1. The van der Waals surface area contributed by atoms with Gasteiger partial charge in [-0.2, -0.15) is 0 Å². The van der Waals surface area contributed by atoms with Crippen molar-refractivity contribution in [2.45, 2.75) is 32.3 Å². The van der Waals surface area contributed by atoms with E-state index in [0.29, 0.717) is 6.42 Å². The number of hydrogen-bond acceptors (Lipinski definition) is 6. The monoisotopic (exact) mass is 408 g/mol. The third-order valence-corrected chi connectivity index (χ3v) is 3.58. The van der Waals surface area contributed by atoms with Gasteiger partial charge in [-0.1, -0.05) is 6.92 Å². The standard InChI is InChI=1S/C12H13IN2O6/c1-3-6(2)21-12(18)9(11(16)17)10-8(13)4-7(5-14-10)15(19)20/h4-6,9H,3H2,1-2H3,(H,16,17). The summed E-state index contributed by atoms with van der Waals surface area (Å²) < 4.78 is 5.23. The molecule has 1 aromatic rings. The fourth-order valence-electron chi connectivity index (χ4n) is 1.43. The van der Waals surface area contributed by atoms with Crippen LogP contribution in [0.25, 0.3) is 0 Å². The minimum absolute atomic E-state index is 0.0676. The number of ether oxygens (including phenoxy) is 1. The highest BCUT2D eigenvalue weighted by molar-refractivity contribution is 14.1. The van der Waals surface area contributed by atoms with Gasteiger partial charge in [-0.3, -0.25) is 24.7 Å². The van der Waals surface area contributed by atoms with Crippen LogP contribution >= 0.6 is 22.6 Å². The number of carbonyl (C=O) groups excluding carboxylic acids is 1. The lowest BCUT2D eigenvalue weighted by atomic mass is 10.1. The highest BCUT2D eigenvalue weighted by atomic mass is 127. The van der Waals surface area contributed by atoms with E-state index in [1.54, 1.807) is 36.4 Å². The van der Waals surface area contributed by atoms with E-state index in [9.17, 15) is 24.8 Å². The Morgan fingerprint density at radius 1 is 1.57 bits per heavy atom. The summed E-state index contributed by atoms with van der Waals surface area (Å²) in [5, 5.41) is 19.8. The van der Waals surface area contributed by atoms with Crippen molar-refractivity contribution < 1.29 is 24.4 Å². The number of pyridine rings is 1. The molecule has 0 spiro atoms. The zero-order valence-corrected chi connectivity index (χ0v) is 13.4. The molecule has 1 heterocycles. The Bertz CT molecular complexity index is 577. The topological polar surface area (TPSA) is 120 Å². The van der Waals surface area contributed by atoms with E-state index in [1.807, 2.05) is 0 Å². The second kappa shape index (κ2) is 7.29. The van der Waals surface area contributed by atoms with Crippen molar-refractivity contribution in [3.63, 3.8) is 0 Å². The minimum Gasteiger partial charge on any atom is -0.480 e. The maximum atomic E-state index is 11.9. The number of aliphatic carboxylic acids is 1. The fourth-order valence-corrected chi connectivity index (χ4v) is 2.20. The van der Waals surface area contributed by atoms with Crippen LogP contribution in [0.3, 0.4) is 0 Å². The number of nitrogens with zero attached hydrogens (tertiary/aromatic N) is 2. The van der Waals surface area contributed by atoms with Crippen molar-refractivity contribution in [2.24, 2.45) is 0 Å². The average Bonchev–Trinajstić information content (AvgIpc) is 2.40. The van der Waals surface area contributed by atoms with Gasteiger partial charge in [0.1, 0.15) is 6.20 Å². The molecule has 1 rings (SSSR count). The van der Waals surface area contributed by atoms with Gasteiger partial charge in [0, 0.05) is 9.64 Å². The van der Waals surface area contributed by atoms with E-state index in [1.165, 1.54) is 0 Å². The molecule has 2 atom stereocenters. The van der Waals surface area contributed by atoms with Gasteiger partial charge in [-0.25, -0.2) is 0 Å². The Morgan fingerprint density at radius 3 is 2.62 bits per heavy atom. The van der Waals surface area contributed by atoms with Gasteiger partial charge in [0.2, 0.25) is 0 Å². The van der Waals surface area contributed by atoms with Crippen LogP contribution in [0.5, 0.6) is 0 Å². The second-order valence-corrected chi connectivity index (χ2v) is 5.41. The van der Waals surface area contributed by atoms with Gasteiger partial charge in [-0.15, -0.1) is 0 Å². The predicted molar refractivity (Wildman–Crippen MR) is 79.8 cm³/mol. The molecular formula is C12H13IN2O6. The number of halogens is 1. The normalized spacial score (nSPS) is 13.3. The van der Waals surface area contributed by atoms with E-state index in [4.69, 9.17) is 4.74 Å². The first kappa shape index (κ1) is 17.3. The van der Waals surface area contributed by atoms with Gasteiger partial charge in [-0.05, 0) is 35.9 Å². The number of nitro groups is 1. The third kappa shape index (κ3) is 4.34. The molecule has 0 amide bonds. The molecule has 0 aliphatic rings. The molecule has 9 heteroatoms. The summed E-state index contributed by atoms with van der Waals surface area (Å²) >= 11 is 1.71.